The molecule has 100 valence electrons. The van der Waals surface area contributed by atoms with Crippen LogP contribution in [0.2, 0.25) is 5.02 Å². The lowest BCUT2D eigenvalue weighted by molar-refractivity contribution is 0.0519. The molecule has 4 nitrogen and oxygen atoms in total. The van der Waals surface area contributed by atoms with Crippen LogP contribution >= 0.6 is 23.4 Å². The first-order valence-electron chi connectivity index (χ1n) is 5.35. The molecule has 2 aromatic rings. The van der Waals surface area contributed by atoms with Crippen LogP contribution in [-0.2, 0) is 4.74 Å². The summed E-state index contributed by atoms with van der Waals surface area (Å²) >= 11 is 6.79. The number of hydrogen-bond acceptors (Lipinski definition) is 5. The number of rotatable bonds is 4. The maximum atomic E-state index is 13.0. The van der Waals surface area contributed by atoms with E-state index in [1.165, 1.54) is 18.4 Å². The van der Waals surface area contributed by atoms with Crippen LogP contribution in [0, 0.1) is 5.82 Å². The Morgan fingerprint density at radius 2 is 2.37 bits per heavy atom. The Kier molecular flexibility index (Phi) is 4.44. The smallest absolute Gasteiger partial charge is 0.360 e. The molecule has 1 heterocycles. The van der Waals surface area contributed by atoms with Gasteiger partial charge < -0.3 is 9.15 Å². The minimum Gasteiger partial charge on any atom is -0.461 e. The highest BCUT2D eigenvalue weighted by molar-refractivity contribution is 7.99. The lowest BCUT2D eigenvalue weighted by Crippen LogP contribution is -2.04. The van der Waals surface area contributed by atoms with Gasteiger partial charge in [0.25, 0.3) is 5.22 Å². The van der Waals surface area contributed by atoms with Crippen LogP contribution in [0.15, 0.2) is 39.0 Å². The van der Waals surface area contributed by atoms with Gasteiger partial charge in [0.05, 0.1) is 11.6 Å². The molecule has 0 aliphatic carbocycles. The molecular formula is C12H9ClFNO3S. The predicted octanol–water partition coefficient (Wildman–Crippen LogP) is 3.80. The van der Waals surface area contributed by atoms with E-state index in [0.717, 1.165) is 11.8 Å². The van der Waals surface area contributed by atoms with Gasteiger partial charge in [0.15, 0.2) is 5.69 Å². The van der Waals surface area contributed by atoms with Crippen LogP contribution in [0.5, 0.6) is 0 Å². The van der Waals surface area contributed by atoms with Crippen molar-refractivity contribution in [3.8, 4) is 0 Å². The summed E-state index contributed by atoms with van der Waals surface area (Å²) in [6, 6.07) is 4.25. The summed E-state index contributed by atoms with van der Waals surface area (Å²) in [4.78, 5) is 16.0. The molecule has 0 aliphatic rings. The van der Waals surface area contributed by atoms with Crippen molar-refractivity contribution in [1.29, 1.82) is 0 Å². The topological polar surface area (TPSA) is 52.3 Å². The van der Waals surface area contributed by atoms with Crippen LogP contribution in [0.4, 0.5) is 4.39 Å². The Labute approximate surface area is 117 Å². The number of esters is 1. The molecule has 19 heavy (non-hydrogen) atoms. The Morgan fingerprint density at radius 3 is 3.05 bits per heavy atom. The number of hydrogen-bond donors (Lipinski definition) is 0. The Hall–Kier alpha value is -1.53. The van der Waals surface area contributed by atoms with Gasteiger partial charge in [-0.1, -0.05) is 11.6 Å². The second kappa shape index (κ2) is 6.08. The molecule has 0 amide bonds. The lowest BCUT2D eigenvalue weighted by atomic mass is 10.3. The average molecular weight is 302 g/mol. The van der Waals surface area contributed by atoms with Crippen LogP contribution in [-0.4, -0.2) is 17.6 Å². The van der Waals surface area contributed by atoms with Gasteiger partial charge in [-0.3, -0.25) is 0 Å². The number of oxazole rings is 1. The van der Waals surface area contributed by atoms with Crippen molar-refractivity contribution in [1.82, 2.24) is 4.98 Å². The Morgan fingerprint density at radius 1 is 1.58 bits per heavy atom. The summed E-state index contributed by atoms with van der Waals surface area (Å²) in [5.41, 5.74) is 0.0950. The fourth-order valence-electron chi connectivity index (χ4n) is 1.24. The molecule has 2 rings (SSSR count). The molecule has 7 heteroatoms. The monoisotopic (exact) mass is 301 g/mol. The first-order chi connectivity index (χ1) is 9.10. The van der Waals surface area contributed by atoms with Gasteiger partial charge in [-0.15, -0.1) is 0 Å². The van der Waals surface area contributed by atoms with E-state index in [9.17, 15) is 9.18 Å². The van der Waals surface area contributed by atoms with Crippen molar-refractivity contribution in [3.63, 3.8) is 0 Å². The van der Waals surface area contributed by atoms with E-state index in [1.807, 2.05) is 0 Å². The van der Waals surface area contributed by atoms with Gasteiger partial charge in [-0.2, -0.15) is 4.98 Å². The number of benzene rings is 1. The van der Waals surface area contributed by atoms with Gasteiger partial charge in [0.1, 0.15) is 12.1 Å². The standard InChI is InChI=1S/C12H9ClFNO3S/c1-2-17-11(16)10-6-18-12(15-10)19-7-3-4-9(14)8(13)5-7/h3-6H,2H2,1H3. The molecule has 0 N–H and O–H groups in total. The van der Waals surface area contributed by atoms with Gasteiger partial charge in [0.2, 0.25) is 0 Å². The SMILES string of the molecule is CCOC(=O)c1coc(Sc2ccc(F)c(Cl)c2)n1. The van der Waals surface area contributed by atoms with Crippen molar-refractivity contribution in [2.45, 2.75) is 17.0 Å². The van der Waals surface area contributed by atoms with Crippen LogP contribution in [0.3, 0.4) is 0 Å². The molecule has 0 aliphatic heterocycles. The molecule has 0 spiro atoms. The highest BCUT2D eigenvalue weighted by atomic mass is 35.5. The first kappa shape index (κ1) is 13.9. The van der Waals surface area contributed by atoms with Gasteiger partial charge in [-0.25, -0.2) is 9.18 Å². The molecule has 0 saturated carbocycles. The molecule has 0 fully saturated rings. The summed E-state index contributed by atoms with van der Waals surface area (Å²) in [7, 11) is 0. The second-order valence-electron chi connectivity index (χ2n) is 3.40. The zero-order chi connectivity index (χ0) is 13.8. The zero-order valence-electron chi connectivity index (χ0n) is 9.85. The van der Waals surface area contributed by atoms with Crippen molar-refractivity contribution in [2.75, 3.05) is 6.61 Å². The molecule has 0 radical (unpaired) electrons. The third kappa shape index (κ3) is 3.48. The van der Waals surface area contributed by atoms with Gasteiger partial charge in [0, 0.05) is 4.90 Å². The fourth-order valence-corrected chi connectivity index (χ4v) is 2.24. The number of nitrogens with zero attached hydrogens (tertiary/aromatic N) is 1. The Bertz CT molecular complexity index is 602. The predicted molar refractivity (Wildman–Crippen MR) is 68.0 cm³/mol. The number of ether oxygens (including phenoxy) is 1. The molecule has 1 aromatic heterocycles. The van der Waals surface area contributed by atoms with Crippen LogP contribution in [0.1, 0.15) is 17.4 Å². The van der Waals surface area contributed by atoms with Crippen LogP contribution in [0.25, 0.3) is 0 Å². The van der Waals surface area contributed by atoms with Crippen molar-refractivity contribution >= 4 is 29.3 Å². The zero-order valence-corrected chi connectivity index (χ0v) is 11.4. The minimum absolute atomic E-state index is 0.0159. The fraction of sp³-hybridized carbons (Fsp3) is 0.167. The van der Waals surface area contributed by atoms with Crippen molar-refractivity contribution < 1.29 is 18.3 Å². The highest BCUT2D eigenvalue weighted by Crippen LogP contribution is 2.29. The first-order valence-corrected chi connectivity index (χ1v) is 6.55. The van der Waals surface area contributed by atoms with E-state index in [4.69, 9.17) is 20.8 Å². The van der Waals surface area contributed by atoms with Crippen molar-refractivity contribution in [2.24, 2.45) is 0 Å². The number of halogens is 2. The van der Waals surface area contributed by atoms with E-state index in [0.29, 0.717) is 4.90 Å². The maximum absolute atomic E-state index is 13.0. The molecular weight excluding hydrogens is 293 g/mol. The third-order valence-corrected chi connectivity index (χ3v) is 3.21. The summed E-state index contributed by atoms with van der Waals surface area (Å²) < 4.78 is 22.9. The minimum atomic E-state index is -0.546. The van der Waals surface area contributed by atoms with E-state index >= 15 is 0 Å². The van der Waals surface area contributed by atoms with E-state index < -0.39 is 11.8 Å². The molecule has 0 saturated heterocycles. The molecule has 1 aromatic carbocycles. The number of carbonyl (C=O) groups excluding carboxylic acids is 1. The third-order valence-electron chi connectivity index (χ3n) is 2.06. The normalized spacial score (nSPS) is 10.5. The van der Waals surface area contributed by atoms with Gasteiger partial charge >= 0.3 is 5.97 Å². The Balaban J connectivity index is 2.11. The second-order valence-corrected chi connectivity index (χ2v) is 4.83. The average Bonchev–Trinajstić information content (AvgIpc) is 2.83. The summed E-state index contributed by atoms with van der Waals surface area (Å²) in [6.45, 7) is 1.97. The maximum Gasteiger partial charge on any atom is 0.360 e. The number of aromatic nitrogens is 1. The summed E-state index contributed by atoms with van der Waals surface area (Å²) in [5, 5.41) is 0.271. The quantitative estimate of drug-likeness (QED) is 0.804. The van der Waals surface area contributed by atoms with Gasteiger partial charge in [-0.05, 0) is 36.9 Å². The van der Waals surface area contributed by atoms with E-state index in [-0.39, 0.29) is 22.5 Å². The van der Waals surface area contributed by atoms with Crippen molar-refractivity contribution in [3.05, 3.63) is 41.0 Å². The molecule has 0 atom stereocenters. The summed E-state index contributed by atoms with van der Waals surface area (Å²) in [6.07, 6.45) is 1.21. The number of carbonyl (C=O) groups is 1. The highest BCUT2D eigenvalue weighted by Gasteiger charge is 2.14. The van der Waals surface area contributed by atoms with E-state index in [1.54, 1.807) is 13.0 Å². The molecule has 0 unspecified atom stereocenters. The molecule has 0 bridgehead atoms. The summed E-state index contributed by atoms with van der Waals surface area (Å²) in [5.74, 6) is -1.04. The van der Waals surface area contributed by atoms with E-state index in [2.05, 4.69) is 4.98 Å². The lowest BCUT2D eigenvalue weighted by Gasteiger charge is -1.98. The van der Waals surface area contributed by atoms with Crippen LogP contribution < -0.4 is 0 Å². The largest absolute Gasteiger partial charge is 0.461 e.